The van der Waals surface area contributed by atoms with E-state index in [9.17, 15) is 9.59 Å². The summed E-state index contributed by atoms with van der Waals surface area (Å²) in [6, 6.07) is 8.92. The third-order valence-corrected chi connectivity index (χ3v) is 6.26. The van der Waals surface area contributed by atoms with Crippen molar-refractivity contribution in [2.45, 2.75) is 60.0 Å². The van der Waals surface area contributed by atoms with E-state index in [4.69, 9.17) is 9.47 Å². The number of hydrogen-bond donors (Lipinski definition) is 0. The molecule has 4 nitrogen and oxygen atoms in total. The van der Waals surface area contributed by atoms with E-state index in [0.717, 1.165) is 22.3 Å². The molecule has 0 spiro atoms. The van der Waals surface area contributed by atoms with Gasteiger partial charge in [-0.15, -0.1) is 0 Å². The van der Waals surface area contributed by atoms with Crippen LogP contribution in [0.4, 0.5) is 0 Å². The fourth-order valence-corrected chi connectivity index (χ4v) is 4.42. The lowest BCUT2D eigenvalue weighted by Gasteiger charge is -2.37. The third kappa shape index (κ3) is 4.66. The molecule has 2 aliphatic rings. The van der Waals surface area contributed by atoms with Gasteiger partial charge in [-0.25, -0.2) is 0 Å². The largest absolute Gasteiger partial charge is 0.500 e. The van der Waals surface area contributed by atoms with Crippen molar-refractivity contribution in [3.8, 4) is 0 Å². The molecular weight excluding hydrogens is 412 g/mol. The zero-order chi connectivity index (χ0) is 24.3. The summed E-state index contributed by atoms with van der Waals surface area (Å²) in [6.45, 7) is 14.0. The third-order valence-electron chi connectivity index (χ3n) is 6.26. The Morgan fingerprint density at radius 2 is 1.67 bits per heavy atom. The van der Waals surface area contributed by atoms with E-state index < -0.39 is 5.41 Å². The van der Waals surface area contributed by atoms with Crippen LogP contribution in [-0.4, -0.2) is 24.8 Å². The minimum atomic E-state index is -1.00. The van der Waals surface area contributed by atoms with Crippen LogP contribution in [0.2, 0.25) is 0 Å². The molecule has 1 aliphatic carbocycles. The van der Waals surface area contributed by atoms with Gasteiger partial charge in [0.25, 0.3) is 0 Å². The highest BCUT2D eigenvalue weighted by molar-refractivity contribution is 6.29. The van der Waals surface area contributed by atoms with E-state index in [1.54, 1.807) is 31.4 Å². The normalized spacial score (nSPS) is 19.0. The van der Waals surface area contributed by atoms with Crippen LogP contribution in [0.3, 0.4) is 0 Å². The van der Waals surface area contributed by atoms with Gasteiger partial charge in [0.1, 0.15) is 23.2 Å². The molecule has 33 heavy (non-hydrogen) atoms. The maximum atomic E-state index is 14.3. The van der Waals surface area contributed by atoms with Crippen LogP contribution < -0.4 is 0 Å². The molecule has 0 radical (unpaired) electrons. The molecular formula is C29H34O4. The van der Waals surface area contributed by atoms with Gasteiger partial charge in [0, 0.05) is 17.6 Å². The van der Waals surface area contributed by atoms with E-state index in [2.05, 4.69) is 18.7 Å². The van der Waals surface area contributed by atoms with Crippen LogP contribution in [0.15, 0.2) is 88.4 Å². The van der Waals surface area contributed by atoms with Gasteiger partial charge < -0.3 is 9.47 Å². The van der Waals surface area contributed by atoms with Crippen LogP contribution in [0.1, 0.15) is 64.2 Å². The number of carbonyl (C=O) groups excluding carboxylic acids is 2. The summed E-state index contributed by atoms with van der Waals surface area (Å²) in [4.78, 5) is 28.0. The average molecular weight is 447 g/mol. The number of allylic oxidation sites excluding steroid dienone is 7. The smallest absolute Gasteiger partial charge is 0.200 e. The lowest BCUT2D eigenvalue weighted by atomic mass is 9.66. The Morgan fingerprint density at radius 1 is 1.09 bits per heavy atom. The molecule has 0 amide bonds. The molecule has 1 aromatic rings. The van der Waals surface area contributed by atoms with Gasteiger partial charge in [0.15, 0.2) is 11.6 Å². The van der Waals surface area contributed by atoms with E-state index in [1.165, 1.54) is 0 Å². The molecule has 1 fully saturated rings. The maximum absolute atomic E-state index is 14.3. The van der Waals surface area contributed by atoms with Crippen molar-refractivity contribution in [2.75, 3.05) is 7.11 Å². The Morgan fingerprint density at radius 3 is 2.15 bits per heavy atom. The van der Waals surface area contributed by atoms with Crippen LogP contribution in [0, 0.1) is 5.41 Å². The summed E-state index contributed by atoms with van der Waals surface area (Å²) in [5.41, 5.74) is 3.43. The molecule has 1 saturated heterocycles. The Hall–Kier alpha value is -3.14. The standard InChI is InChI=1S/C29H34O4/c1-18(2)13-15-29(16-14-19(3)4)27(31)24(25(30)21-11-9-8-10-12-21)26-22(28(29)32-7)17-23(33-26)20(5)6/h8-14,23H,5,15-17H2,1-4,6-7H3/t23-/m0/s1. The van der Waals surface area contributed by atoms with E-state index >= 15 is 0 Å². The molecule has 1 atom stereocenters. The summed E-state index contributed by atoms with van der Waals surface area (Å²) in [5.74, 6) is 0.392. The second-order valence-electron chi connectivity index (χ2n) is 9.45. The maximum Gasteiger partial charge on any atom is 0.200 e. The van der Waals surface area contributed by atoms with Crippen molar-refractivity contribution in [1.29, 1.82) is 0 Å². The number of ketones is 2. The van der Waals surface area contributed by atoms with Crippen molar-refractivity contribution >= 4 is 11.6 Å². The molecule has 0 aromatic heterocycles. The molecule has 0 saturated carbocycles. The highest BCUT2D eigenvalue weighted by Crippen LogP contribution is 2.52. The Labute approximate surface area is 197 Å². The minimum Gasteiger partial charge on any atom is -0.500 e. The van der Waals surface area contributed by atoms with Crippen LogP contribution in [0.25, 0.3) is 0 Å². The van der Waals surface area contributed by atoms with Gasteiger partial charge in [-0.1, -0.05) is 60.2 Å². The Balaban J connectivity index is 2.32. The van der Waals surface area contributed by atoms with Crippen molar-refractivity contribution in [2.24, 2.45) is 5.41 Å². The van der Waals surface area contributed by atoms with Gasteiger partial charge in [0.2, 0.25) is 0 Å². The van der Waals surface area contributed by atoms with E-state index in [-0.39, 0.29) is 23.2 Å². The van der Waals surface area contributed by atoms with Gasteiger partial charge in [0.05, 0.1) is 12.5 Å². The highest BCUT2D eigenvalue weighted by Gasteiger charge is 2.53. The molecule has 174 valence electrons. The fraction of sp³-hybridized carbons (Fsp3) is 0.379. The zero-order valence-electron chi connectivity index (χ0n) is 20.6. The second-order valence-corrected chi connectivity index (χ2v) is 9.45. The molecule has 1 aromatic carbocycles. The summed E-state index contributed by atoms with van der Waals surface area (Å²) in [7, 11) is 1.60. The molecule has 1 heterocycles. The Bertz CT molecular complexity index is 1070. The summed E-state index contributed by atoms with van der Waals surface area (Å²) in [6.07, 6.45) is 5.23. The zero-order valence-corrected chi connectivity index (χ0v) is 20.6. The van der Waals surface area contributed by atoms with Crippen molar-refractivity contribution in [3.63, 3.8) is 0 Å². The number of fused-ring (bicyclic) bond motifs is 1. The SMILES string of the molecule is C=C(C)[C@@H]1CC2=C(OC)C(CC=C(C)C)(CC=C(C)C)C(=O)C(C(=O)c3ccccc3)=C2O1. The number of rotatable bonds is 8. The number of carbonyl (C=O) groups is 2. The second kappa shape index (κ2) is 9.78. The monoisotopic (exact) mass is 446 g/mol. The van der Waals surface area contributed by atoms with Gasteiger partial charge in [-0.3, -0.25) is 9.59 Å². The minimum absolute atomic E-state index is 0.116. The predicted molar refractivity (Wildman–Crippen MR) is 132 cm³/mol. The van der Waals surface area contributed by atoms with Crippen LogP contribution in [-0.2, 0) is 14.3 Å². The van der Waals surface area contributed by atoms with Crippen LogP contribution in [0.5, 0.6) is 0 Å². The first-order chi connectivity index (χ1) is 15.6. The van der Waals surface area contributed by atoms with Gasteiger partial charge >= 0.3 is 0 Å². The number of benzene rings is 1. The lowest BCUT2D eigenvalue weighted by molar-refractivity contribution is -0.124. The molecule has 0 N–H and O–H groups in total. The van der Waals surface area contributed by atoms with Gasteiger partial charge in [-0.2, -0.15) is 0 Å². The summed E-state index contributed by atoms with van der Waals surface area (Å²) >= 11 is 0. The number of ether oxygens (including phenoxy) is 2. The predicted octanol–water partition coefficient (Wildman–Crippen LogP) is 6.67. The van der Waals surface area contributed by atoms with Gasteiger partial charge in [-0.05, 0) is 53.0 Å². The molecule has 3 rings (SSSR count). The van der Waals surface area contributed by atoms with E-state index in [1.807, 2.05) is 40.7 Å². The first kappa shape index (κ1) is 24.5. The number of Topliss-reactive ketones (excluding diaryl/α,β-unsaturated/α-hetero) is 2. The first-order valence-corrected chi connectivity index (χ1v) is 11.4. The average Bonchev–Trinajstić information content (AvgIpc) is 3.21. The molecule has 0 unspecified atom stereocenters. The quantitative estimate of drug-likeness (QED) is 0.254. The lowest BCUT2D eigenvalue weighted by Crippen LogP contribution is -2.40. The number of hydrogen-bond acceptors (Lipinski definition) is 4. The molecule has 0 bridgehead atoms. The van der Waals surface area contributed by atoms with E-state index in [0.29, 0.717) is 36.3 Å². The first-order valence-electron chi connectivity index (χ1n) is 11.4. The van der Waals surface area contributed by atoms with Crippen molar-refractivity contribution < 1.29 is 19.1 Å². The van der Waals surface area contributed by atoms with Crippen molar-refractivity contribution in [3.05, 3.63) is 94.0 Å². The Kier molecular flexibility index (Phi) is 7.26. The highest BCUT2D eigenvalue weighted by atomic mass is 16.5. The van der Waals surface area contributed by atoms with Crippen LogP contribution >= 0.6 is 0 Å². The fourth-order valence-electron chi connectivity index (χ4n) is 4.42. The molecule has 4 heteroatoms. The summed E-state index contributed by atoms with van der Waals surface area (Å²) in [5, 5.41) is 0. The topological polar surface area (TPSA) is 52.6 Å². The summed E-state index contributed by atoms with van der Waals surface area (Å²) < 4.78 is 12.2. The van der Waals surface area contributed by atoms with Crippen molar-refractivity contribution in [1.82, 2.24) is 0 Å². The molecule has 1 aliphatic heterocycles. The number of methoxy groups -OCH3 is 1.